The maximum absolute atomic E-state index is 13.3. The zero-order valence-corrected chi connectivity index (χ0v) is 32.9. The quantitative estimate of drug-likeness (QED) is 0.0670. The third kappa shape index (κ3) is 12.3. The molecule has 0 amide bonds. The summed E-state index contributed by atoms with van der Waals surface area (Å²) in [5.41, 5.74) is -0.964. The van der Waals surface area contributed by atoms with Crippen LogP contribution < -0.4 is 0 Å². The highest BCUT2D eigenvalue weighted by molar-refractivity contribution is 9.09. The van der Waals surface area contributed by atoms with Crippen molar-refractivity contribution in [2.24, 2.45) is 5.41 Å². The van der Waals surface area contributed by atoms with Crippen LogP contribution in [0.15, 0.2) is 23.8 Å². The average Bonchev–Trinajstić information content (AvgIpc) is 3.07. The molecule has 1 unspecified atom stereocenters. The van der Waals surface area contributed by atoms with Gasteiger partial charge in [0.15, 0.2) is 6.10 Å². The molecule has 4 aliphatic heterocycles. The second-order valence-electron chi connectivity index (χ2n) is 15.5. The lowest BCUT2D eigenvalue weighted by atomic mass is 9.74. The van der Waals surface area contributed by atoms with Gasteiger partial charge in [0, 0.05) is 35.6 Å². The Labute approximate surface area is 317 Å². The van der Waals surface area contributed by atoms with Crippen molar-refractivity contribution in [3.05, 3.63) is 23.8 Å². The predicted octanol–water partition coefficient (Wildman–Crippen LogP) is 5.51. The maximum Gasteiger partial charge on any atom is 0.330 e. The third-order valence-corrected chi connectivity index (χ3v) is 11.4. The molecule has 12 nitrogen and oxygen atoms in total. The maximum atomic E-state index is 13.3. The number of esters is 3. The average molecular weight is 802 g/mol. The first kappa shape index (κ1) is 42.9. The van der Waals surface area contributed by atoms with Crippen LogP contribution in [0.2, 0.25) is 0 Å². The first-order valence-corrected chi connectivity index (χ1v) is 20.2. The van der Waals surface area contributed by atoms with Gasteiger partial charge in [-0.15, -0.1) is 0 Å². The molecule has 4 heterocycles. The predicted molar refractivity (Wildman–Crippen MR) is 195 cm³/mol. The van der Waals surface area contributed by atoms with Crippen LogP contribution in [0, 0.1) is 5.41 Å². The van der Waals surface area contributed by atoms with Gasteiger partial charge in [0.05, 0.1) is 56.8 Å². The molecule has 13 heteroatoms. The fourth-order valence-corrected chi connectivity index (χ4v) is 8.57. The molecule has 52 heavy (non-hydrogen) atoms. The molecule has 3 fully saturated rings. The summed E-state index contributed by atoms with van der Waals surface area (Å²) in [5.74, 6) is -4.14. The van der Waals surface area contributed by atoms with Crippen LogP contribution in [0.25, 0.3) is 0 Å². The van der Waals surface area contributed by atoms with Crippen LogP contribution >= 0.6 is 15.9 Å². The largest absolute Gasteiger partial charge is 0.466 e. The highest BCUT2D eigenvalue weighted by Crippen LogP contribution is 2.47. The van der Waals surface area contributed by atoms with Gasteiger partial charge in [-0.05, 0) is 56.9 Å². The van der Waals surface area contributed by atoms with Gasteiger partial charge in [-0.2, -0.15) is 0 Å². The van der Waals surface area contributed by atoms with E-state index in [1.165, 1.54) is 13.2 Å². The van der Waals surface area contributed by atoms with E-state index < -0.39 is 60.1 Å². The zero-order chi connectivity index (χ0) is 37.9. The normalized spacial score (nSPS) is 37.3. The van der Waals surface area contributed by atoms with Crippen molar-refractivity contribution in [2.75, 3.05) is 13.7 Å². The van der Waals surface area contributed by atoms with E-state index in [-0.39, 0.29) is 66.9 Å². The highest BCUT2D eigenvalue weighted by atomic mass is 79.9. The van der Waals surface area contributed by atoms with Crippen molar-refractivity contribution in [2.45, 2.75) is 183 Å². The van der Waals surface area contributed by atoms with Crippen LogP contribution in [0.1, 0.15) is 124 Å². The first-order valence-electron chi connectivity index (χ1n) is 19.3. The molecular weight excluding hydrogens is 740 g/mol. The summed E-state index contributed by atoms with van der Waals surface area (Å²) in [4.78, 5) is 39.2. The highest BCUT2D eigenvalue weighted by Gasteiger charge is 2.57. The van der Waals surface area contributed by atoms with E-state index in [1.54, 1.807) is 19.9 Å². The number of aliphatic hydroxyl groups is 3. The van der Waals surface area contributed by atoms with Crippen molar-refractivity contribution in [3.63, 3.8) is 0 Å². The first-order chi connectivity index (χ1) is 24.7. The summed E-state index contributed by atoms with van der Waals surface area (Å²) in [7, 11) is 1.23. The van der Waals surface area contributed by atoms with Crippen LogP contribution in [0.3, 0.4) is 0 Å². The lowest BCUT2D eigenvalue weighted by molar-refractivity contribution is -0.327. The number of methoxy groups -OCH3 is 1. The lowest BCUT2D eigenvalue weighted by Crippen LogP contribution is -2.62. The van der Waals surface area contributed by atoms with Crippen LogP contribution in [0.5, 0.6) is 0 Å². The topological polar surface area (TPSA) is 167 Å². The monoisotopic (exact) mass is 800 g/mol. The lowest BCUT2D eigenvalue weighted by Gasteiger charge is -2.51. The molecule has 4 aliphatic rings. The Morgan fingerprint density at radius 3 is 2.42 bits per heavy atom. The zero-order valence-electron chi connectivity index (χ0n) is 31.3. The second-order valence-corrected chi connectivity index (χ2v) is 16.8. The van der Waals surface area contributed by atoms with Crippen molar-refractivity contribution in [3.8, 4) is 0 Å². The molecule has 0 spiro atoms. The molecule has 0 radical (unpaired) electrons. The minimum Gasteiger partial charge on any atom is -0.466 e. The Balaban J connectivity index is 1.70. The van der Waals surface area contributed by atoms with Crippen LogP contribution in [0.4, 0.5) is 0 Å². The van der Waals surface area contributed by atoms with Crippen LogP contribution in [-0.2, 0) is 42.8 Å². The molecule has 6 bridgehead atoms. The number of unbranched alkanes of at least 4 members (excludes halogenated alkanes) is 4. The minimum atomic E-state index is -2.21. The molecule has 0 aromatic carbocycles. The van der Waals surface area contributed by atoms with Crippen molar-refractivity contribution >= 4 is 33.8 Å². The molecule has 0 aromatic rings. The number of alkyl halides is 1. The van der Waals surface area contributed by atoms with Crippen molar-refractivity contribution in [1.82, 2.24) is 0 Å². The van der Waals surface area contributed by atoms with Gasteiger partial charge in [-0.25, -0.2) is 4.79 Å². The van der Waals surface area contributed by atoms with Gasteiger partial charge in [0.1, 0.15) is 6.10 Å². The van der Waals surface area contributed by atoms with E-state index in [1.807, 2.05) is 6.08 Å². The van der Waals surface area contributed by atoms with Gasteiger partial charge in [0.2, 0.25) is 5.79 Å². The number of halogens is 1. The number of carbonyl (C=O) groups is 3. The van der Waals surface area contributed by atoms with E-state index in [0.717, 1.165) is 51.4 Å². The van der Waals surface area contributed by atoms with Gasteiger partial charge in [0.25, 0.3) is 0 Å². The standard InChI is InChI=1S/C39H61BrO12/c1-5-6-7-8-9-13-34(43)51-37-25(17-35(44)47-4)16-32-23-33(24-41)50-36(45)21-27(42)20-28-11-10-12-29(48-28)22-31-19-26(40)18-30(49-31)14-15-38(2,3)39(37,46)52-32/h14-15,17,26-33,37,41-42,46H,5-13,16,18-24H2,1-4H3/b15-14-,25-17+/t26?,27-,28+,29-,30+,31+,32+,33-,37+,39-/m1/s1. The van der Waals surface area contributed by atoms with Gasteiger partial charge in [-0.3, -0.25) is 9.59 Å². The summed E-state index contributed by atoms with van der Waals surface area (Å²) in [6, 6.07) is 0. The smallest absolute Gasteiger partial charge is 0.330 e. The summed E-state index contributed by atoms with van der Waals surface area (Å²) in [6.07, 6.45) is 9.43. The number of ether oxygens (including phenoxy) is 6. The number of aliphatic hydroxyl groups excluding tert-OH is 2. The van der Waals surface area contributed by atoms with E-state index in [0.29, 0.717) is 19.3 Å². The number of carbonyl (C=O) groups excluding carboxylic acids is 3. The summed E-state index contributed by atoms with van der Waals surface area (Å²) >= 11 is 3.82. The minimum absolute atomic E-state index is 0.0151. The Morgan fingerprint density at radius 1 is 0.981 bits per heavy atom. The van der Waals surface area contributed by atoms with E-state index in [2.05, 4.69) is 22.9 Å². The number of cyclic esters (lactones) is 1. The van der Waals surface area contributed by atoms with E-state index in [4.69, 9.17) is 28.4 Å². The third-order valence-electron chi connectivity index (χ3n) is 10.7. The number of hydrogen-bond acceptors (Lipinski definition) is 12. The number of fused-ring (bicyclic) bond motifs is 6. The molecule has 0 aliphatic carbocycles. The Hall–Kier alpha value is -1.87. The second kappa shape index (κ2) is 20.2. The van der Waals surface area contributed by atoms with Gasteiger partial charge < -0.3 is 43.7 Å². The molecular formula is C39H61BrO12. The molecule has 0 saturated carbocycles. The van der Waals surface area contributed by atoms with Crippen molar-refractivity contribution < 1.29 is 58.1 Å². The Bertz CT molecular complexity index is 1240. The Kier molecular flexibility index (Phi) is 16.6. The molecule has 10 atom stereocenters. The molecule has 296 valence electrons. The SMILES string of the molecule is CCCCCCCC(=O)O[C@H]1/C(=C/C(=O)OC)C[C@H]2C[C@H](CO)OC(=O)C[C@H](O)C[C@@H]3CCC[C@H](C[C@@H]4CC(Br)C[C@H](/C=C\C(C)(C)[C@]1(O)O2)O4)O3. The Morgan fingerprint density at radius 2 is 1.71 bits per heavy atom. The van der Waals surface area contributed by atoms with E-state index >= 15 is 0 Å². The molecule has 4 rings (SSSR count). The van der Waals surface area contributed by atoms with Gasteiger partial charge >= 0.3 is 17.9 Å². The summed E-state index contributed by atoms with van der Waals surface area (Å²) in [5, 5.41) is 33.8. The van der Waals surface area contributed by atoms with Crippen molar-refractivity contribution in [1.29, 1.82) is 0 Å². The summed E-state index contributed by atoms with van der Waals surface area (Å²) in [6.45, 7) is 5.08. The molecule has 3 saturated heterocycles. The van der Waals surface area contributed by atoms with Crippen LogP contribution in [-0.4, -0.2) is 106 Å². The fourth-order valence-electron chi connectivity index (χ4n) is 7.79. The fraction of sp³-hybridized carbons (Fsp3) is 0.821. The van der Waals surface area contributed by atoms with E-state index in [9.17, 15) is 29.7 Å². The summed E-state index contributed by atoms with van der Waals surface area (Å²) < 4.78 is 36.0. The molecule has 3 N–H and O–H groups in total. The number of hydrogen-bond donors (Lipinski definition) is 3. The van der Waals surface area contributed by atoms with Gasteiger partial charge in [-0.1, -0.05) is 74.5 Å². The number of rotatable bonds is 9. The molecule has 0 aromatic heterocycles.